The number of hydrogen-bond donors (Lipinski definition) is 4. The van der Waals surface area contributed by atoms with Crippen LogP contribution >= 0.6 is 0 Å². The van der Waals surface area contributed by atoms with Gasteiger partial charge in [-0.25, -0.2) is 4.79 Å². The first-order valence-electron chi connectivity index (χ1n) is 6.06. The van der Waals surface area contributed by atoms with Crippen LogP contribution in [-0.4, -0.2) is 42.1 Å². The molecule has 0 aliphatic heterocycles. The number of carbonyl (C=O) groups excluding carboxylic acids is 2. The molecular weight excluding hydrogens is 238 g/mol. The lowest BCUT2D eigenvalue weighted by Gasteiger charge is -2.11. The molecule has 0 saturated heterocycles. The van der Waals surface area contributed by atoms with E-state index < -0.39 is 17.4 Å². The molecule has 2 aliphatic carbocycles. The monoisotopic (exact) mass is 255 g/mol. The summed E-state index contributed by atoms with van der Waals surface area (Å²) in [6, 6.07) is -0.238. The van der Waals surface area contributed by atoms with E-state index in [0.717, 1.165) is 12.8 Å². The van der Waals surface area contributed by atoms with E-state index >= 15 is 0 Å². The molecule has 0 radical (unpaired) electrons. The van der Waals surface area contributed by atoms with E-state index in [1.165, 1.54) is 0 Å². The lowest BCUT2D eigenvalue weighted by atomic mass is 10.1. The van der Waals surface area contributed by atoms with Gasteiger partial charge < -0.3 is 21.1 Å². The van der Waals surface area contributed by atoms with E-state index in [0.29, 0.717) is 12.8 Å². The molecule has 100 valence electrons. The first-order chi connectivity index (χ1) is 8.52. The molecule has 0 spiro atoms. The number of hydrogen-bond acceptors (Lipinski definition) is 3. The van der Waals surface area contributed by atoms with Crippen molar-refractivity contribution in [2.45, 2.75) is 31.7 Å². The highest BCUT2D eigenvalue weighted by molar-refractivity contribution is 5.85. The van der Waals surface area contributed by atoms with Crippen LogP contribution in [0.2, 0.25) is 0 Å². The van der Waals surface area contributed by atoms with Gasteiger partial charge in [-0.15, -0.1) is 0 Å². The van der Waals surface area contributed by atoms with E-state index in [1.54, 1.807) is 0 Å². The summed E-state index contributed by atoms with van der Waals surface area (Å²) in [4.78, 5) is 33.5. The van der Waals surface area contributed by atoms with Crippen LogP contribution in [0.1, 0.15) is 25.7 Å². The minimum Gasteiger partial charge on any atom is -0.481 e. The van der Waals surface area contributed by atoms with Crippen molar-refractivity contribution >= 4 is 17.9 Å². The third-order valence-electron chi connectivity index (χ3n) is 3.25. The van der Waals surface area contributed by atoms with Crippen molar-refractivity contribution in [1.82, 2.24) is 16.0 Å². The van der Waals surface area contributed by atoms with Gasteiger partial charge in [0, 0.05) is 12.6 Å². The summed E-state index contributed by atoms with van der Waals surface area (Å²) in [5, 5.41) is 16.5. The molecule has 2 rings (SSSR count). The highest BCUT2D eigenvalue weighted by Gasteiger charge is 2.50. The van der Waals surface area contributed by atoms with E-state index in [2.05, 4.69) is 16.0 Å². The maximum absolute atomic E-state index is 11.4. The lowest BCUT2D eigenvalue weighted by molar-refractivity contribution is -0.143. The minimum absolute atomic E-state index is 0.0809. The number of carbonyl (C=O) groups is 3. The number of urea groups is 1. The number of carboxylic acid groups (broad SMARTS) is 1. The highest BCUT2D eigenvalue weighted by atomic mass is 16.4. The molecule has 7 nitrogen and oxygen atoms in total. The van der Waals surface area contributed by atoms with Gasteiger partial charge in [-0.1, -0.05) is 0 Å². The summed E-state index contributed by atoms with van der Waals surface area (Å²) in [5.74, 6) is -1.10. The summed E-state index contributed by atoms with van der Waals surface area (Å²) >= 11 is 0. The maximum Gasteiger partial charge on any atom is 0.315 e. The Balaban J connectivity index is 1.60. The Morgan fingerprint density at radius 2 is 1.83 bits per heavy atom. The van der Waals surface area contributed by atoms with E-state index in [1.807, 2.05) is 0 Å². The topological polar surface area (TPSA) is 108 Å². The van der Waals surface area contributed by atoms with Crippen molar-refractivity contribution in [3.05, 3.63) is 0 Å². The normalized spacial score (nSPS) is 19.8. The van der Waals surface area contributed by atoms with Gasteiger partial charge in [0.05, 0.1) is 12.0 Å². The molecule has 7 heteroatoms. The smallest absolute Gasteiger partial charge is 0.315 e. The molecule has 0 aromatic rings. The number of rotatable bonds is 6. The molecule has 0 aromatic heterocycles. The summed E-state index contributed by atoms with van der Waals surface area (Å²) < 4.78 is 0. The molecule has 4 N–H and O–H groups in total. The van der Waals surface area contributed by atoms with Crippen LogP contribution in [0.25, 0.3) is 0 Å². The van der Waals surface area contributed by atoms with Gasteiger partial charge in [-0.05, 0) is 25.7 Å². The molecule has 0 atom stereocenters. The average molecular weight is 255 g/mol. The van der Waals surface area contributed by atoms with Crippen LogP contribution in [-0.2, 0) is 9.59 Å². The van der Waals surface area contributed by atoms with Gasteiger partial charge in [0.2, 0.25) is 5.91 Å². The third-order valence-corrected chi connectivity index (χ3v) is 3.25. The second kappa shape index (κ2) is 4.83. The average Bonchev–Trinajstić information content (AvgIpc) is 3.18. The third kappa shape index (κ3) is 3.35. The fourth-order valence-electron chi connectivity index (χ4n) is 1.60. The fraction of sp³-hybridized carbons (Fsp3) is 0.727. The molecule has 2 fully saturated rings. The Kier molecular flexibility index (Phi) is 3.40. The summed E-state index contributed by atoms with van der Waals surface area (Å²) in [7, 11) is 0. The first kappa shape index (κ1) is 12.7. The summed E-state index contributed by atoms with van der Waals surface area (Å²) in [6.07, 6.45) is 3.17. The molecule has 2 aliphatic rings. The number of amides is 3. The van der Waals surface area contributed by atoms with E-state index in [9.17, 15) is 14.4 Å². The van der Waals surface area contributed by atoms with Gasteiger partial charge in [0.25, 0.3) is 0 Å². The molecule has 0 aromatic carbocycles. The first-order valence-corrected chi connectivity index (χ1v) is 6.06. The zero-order valence-electron chi connectivity index (χ0n) is 9.99. The Hall–Kier alpha value is -1.79. The SMILES string of the molecule is O=C(CNC(=O)NCC1(C(=O)O)CC1)NC1CC1. The molecule has 0 heterocycles. The fourth-order valence-corrected chi connectivity index (χ4v) is 1.60. The molecule has 2 saturated carbocycles. The Morgan fingerprint density at radius 3 is 2.33 bits per heavy atom. The van der Waals surface area contributed by atoms with Crippen LogP contribution in [0, 0.1) is 5.41 Å². The molecule has 0 unspecified atom stereocenters. The predicted molar refractivity (Wildman–Crippen MR) is 61.9 cm³/mol. The van der Waals surface area contributed by atoms with Crippen molar-refractivity contribution in [1.29, 1.82) is 0 Å². The van der Waals surface area contributed by atoms with Crippen molar-refractivity contribution in [3.8, 4) is 0 Å². The van der Waals surface area contributed by atoms with Gasteiger partial charge in [-0.2, -0.15) is 0 Å². The zero-order valence-corrected chi connectivity index (χ0v) is 9.99. The van der Waals surface area contributed by atoms with Gasteiger partial charge >= 0.3 is 12.0 Å². The Morgan fingerprint density at radius 1 is 1.17 bits per heavy atom. The second-order valence-corrected chi connectivity index (χ2v) is 4.96. The second-order valence-electron chi connectivity index (χ2n) is 4.96. The lowest BCUT2D eigenvalue weighted by Crippen LogP contribution is -2.44. The quantitative estimate of drug-likeness (QED) is 0.509. The van der Waals surface area contributed by atoms with Crippen molar-refractivity contribution in [2.75, 3.05) is 13.1 Å². The summed E-state index contributed by atoms with van der Waals surface area (Å²) in [5.41, 5.74) is -0.784. The Labute approximate surface area is 104 Å². The predicted octanol–water partition coefficient (Wildman–Crippen LogP) is -0.571. The zero-order chi connectivity index (χ0) is 13.2. The Bertz CT molecular complexity index is 374. The van der Waals surface area contributed by atoms with Gasteiger partial charge in [0.1, 0.15) is 0 Å². The maximum atomic E-state index is 11.4. The van der Waals surface area contributed by atoms with E-state index in [4.69, 9.17) is 5.11 Å². The van der Waals surface area contributed by atoms with Crippen molar-refractivity contribution in [2.24, 2.45) is 5.41 Å². The van der Waals surface area contributed by atoms with Crippen LogP contribution < -0.4 is 16.0 Å². The van der Waals surface area contributed by atoms with Gasteiger partial charge in [0.15, 0.2) is 0 Å². The molecule has 0 bridgehead atoms. The number of carboxylic acids is 1. The molecule has 3 amide bonds. The van der Waals surface area contributed by atoms with Crippen molar-refractivity contribution < 1.29 is 19.5 Å². The standard InChI is InChI=1S/C11H17N3O4/c15-8(14-7-1-2-7)5-12-10(18)13-6-11(3-4-11)9(16)17/h7H,1-6H2,(H,14,15)(H,16,17)(H2,12,13,18). The molecular formula is C11H17N3O4. The van der Waals surface area contributed by atoms with Crippen LogP contribution in [0.15, 0.2) is 0 Å². The minimum atomic E-state index is -0.880. The van der Waals surface area contributed by atoms with Gasteiger partial charge in [-0.3, -0.25) is 9.59 Å². The molecule has 18 heavy (non-hydrogen) atoms. The highest BCUT2D eigenvalue weighted by Crippen LogP contribution is 2.45. The van der Waals surface area contributed by atoms with Crippen LogP contribution in [0.4, 0.5) is 4.79 Å². The van der Waals surface area contributed by atoms with Crippen LogP contribution in [0.5, 0.6) is 0 Å². The number of nitrogens with one attached hydrogen (secondary N) is 3. The van der Waals surface area contributed by atoms with Crippen LogP contribution in [0.3, 0.4) is 0 Å². The summed E-state index contributed by atoms with van der Waals surface area (Å²) in [6.45, 7) is 0.0286. The van der Waals surface area contributed by atoms with Crippen molar-refractivity contribution in [3.63, 3.8) is 0 Å². The largest absolute Gasteiger partial charge is 0.481 e. The van der Waals surface area contributed by atoms with E-state index in [-0.39, 0.29) is 25.0 Å². The number of aliphatic carboxylic acids is 1.